The third kappa shape index (κ3) is 15.2. The summed E-state index contributed by atoms with van der Waals surface area (Å²) in [6, 6.07) is 1.69. The first-order valence-corrected chi connectivity index (χ1v) is 16.7. The normalized spacial score (nSPS) is 17.5. The molecule has 0 unspecified atom stereocenters. The average Bonchev–Trinajstić information content (AvgIpc) is 2.90. The van der Waals surface area contributed by atoms with Crippen LogP contribution < -0.4 is 5.32 Å². The Kier molecular flexibility index (Phi) is 21.9. The summed E-state index contributed by atoms with van der Waals surface area (Å²) in [5.74, 6) is 0.616. The highest BCUT2D eigenvalue weighted by Gasteiger charge is 2.37. The molecule has 2 aliphatic rings. The molecule has 0 bridgehead atoms. The van der Waals surface area contributed by atoms with Crippen molar-refractivity contribution in [2.24, 2.45) is 0 Å². The van der Waals surface area contributed by atoms with E-state index in [2.05, 4.69) is 10.2 Å². The van der Waals surface area contributed by atoms with E-state index in [9.17, 15) is 0 Å². The molecule has 2 rings (SSSR count). The van der Waals surface area contributed by atoms with Gasteiger partial charge >= 0.3 is 17.6 Å². The van der Waals surface area contributed by atoms with Crippen LogP contribution >= 0.6 is 11.6 Å². The molecule has 2 heterocycles. The number of nitrogens with zero attached hydrogens (tertiary/aromatic N) is 1. The maximum Gasteiger partial charge on any atom is 0.500 e. The molecule has 0 aliphatic carbocycles. The molecule has 0 saturated carbocycles. The summed E-state index contributed by atoms with van der Waals surface area (Å²) in [6.45, 7) is 6.15. The Balaban J connectivity index is 0.000000518. The standard InChI is InChI=1S/C11H25NO3Si.C6H15ClO3Si.C5H11N/c1-13-16(14-2,15-3)11-7-10-12-8-5-4-6-9-12;1-8-11(9-2,10-3)6-4-5-7;1-2-4-6-5-3-1/h4-11H2,1-3H3;4-6H2,1-3H3;6H,1-5H2. The van der Waals surface area contributed by atoms with Crippen LogP contribution in [0.4, 0.5) is 0 Å². The van der Waals surface area contributed by atoms with Crippen LogP contribution in [0.2, 0.25) is 12.1 Å². The second-order valence-electron chi connectivity index (χ2n) is 8.20. The predicted octanol–water partition coefficient (Wildman–Crippen LogP) is 3.99. The first-order valence-electron chi connectivity index (χ1n) is 12.3. The van der Waals surface area contributed by atoms with Crippen LogP contribution in [0, 0.1) is 0 Å². The summed E-state index contributed by atoms with van der Waals surface area (Å²) in [7, 11) is 5.20. The highest BCUT2D eigenvalue weighted by molar-refractivity contribution is 6.60. The van der Waals surface area contributed by atoms with E-state index in [1.807, 2.05) is 0 Å². The number of likely N-dealkylation sites (tertiary alicyclic amines) is 1. The highest BCUT2D eigenvalue weighted by atomic mass is 35.5. The summed E-state index contributed by atoms with van der Waals surface area (Å²) in [6.07, 6.45) is 10.3. The topological polar surface area (TPSA) is 70.7 Å². The molecule has 2 aliphatic heterocycles. The van der Waals surface area contributed by atoms with Crippen molar-refractivity contribution >= 4 is 29.2 Å². The number of piperidine rings is 2. The number of nitrogens with one attached hydrogen (secondary N) is 1. The van der Waals surface area contributed by atoms with Crippen LogP contribution in [0.3, 0.4) is 0 Å². The molecule has 0 aromatic carbocycles. The second-order valence-corrected chi connectivity index (χ2v) is 14.8. The molecule has 8 nitrogen and oxygen atoms in total. The molecule has 0 aromatic rings. The van der Waals surface area contributed by atoms with E-state index < -0.39 is 17.6 Å². The zero-order valence-electron chi connectivity index (χ0n) is 22.1. The van der Waals surface area contributed by atoms with E-state index in [0.717, 1.165) is 31.5 Å². The average molecular weight is 531 g/mol. The Morgan fingerprint density at radius 3 is 1.39 bits per heavy atom. The summed E-state index contributed by atoms with van der Waals surface area (Å²) in [5.41, 5.74) is 0. The van der Waals surface area contributed by atoms with Gasteiger partial charge in [0.05, 0.1) is 0 Å². The maximum atomic E-state index is 5.53. The van der Waals surface area contributed by atoms with Crippen molar-refractivity contribution in [2.45, 2.75) is 63.5 Å². The van der Waals surface area contributed by atoms with Gasteiger partial charge in [0.15, 0.2) is 0 Å². The first kappa shape index (κ1) is 33.4. The minimum Gasteiger partial charge on any atom is -0.377 e. The van der Waals surface area contributed by atoms with Gasteiger partial charge < -0.3 is 36.8 Å². The van der Waals surface area contributed by atoms with Crippen molar-refractivity contribution in [1.82, 2.24) is 10.2 Å². The van der Waals surface area contributed by atoms with Gasteiger partial charge in [0.25, 0.3) is 0 Å². The number of rotatable bonds is 13. The van der Waals surface area contributed by atoms with Gasteiger partial charge in [-0.05, 0) is 71.2 Å². The Morgan fingerprint density at radius 2 is 1.06 bits per heavy atom. The summed E-state index contributed by atoms with van der Waals surface area (Å²) < 4.78 is 31.7. The van der Waals surface area contributed by atoms with Gasteiger partial charge in [0.1, 0.15) is 0 Å². The van der Waals surface area contributed by atoms with Crippen molar-refractivity contribution in [3.8, 4) is 0 Å². The molecule has 11 heteroatoms. The molecule has 200 valence electrons. The molecular weight excluding hydrogens is 480 g/mol. The Morgan fingerprint density at radius 1 is 0.636 bits per heavy atom. The second kappa shape index (κ2) is 21.7. The zero-order valence-corrected chi connectivity index (χ0v) is 24.8. The summed E-state index contributed by atoms with van der Waals surface area (Å²) >= 11 is 5.53. The lowest BCUT2D eigenvalue weighted by molar-refractivity contribution is 0.120. The molecule has 0 atom stereocenters. The Bertz CT molecular complexity index is 398. The fourth-order valence-electron chi connectivity index (χ4n) is 3.90. The van der Waals surface area contributed by atoms with Crippen LogP contribution in [0.25, 0.3) is 0 Å². The summed E-state index contributed by atoms with van der Waals surface area (Å²) in [5, 5.41) is 3.28. The third-order valence-corrected chi connectivity index (χ3v) is 12.0. The van der Waals surface area contributed by atoms with Gasteiger partial charge in [0, 0.05) is 60.6 Å². The van der Waals surface area contributed by atoms with Crippen LogP contribution in [-0.4, -0.2) is 104 Å². The van der Waals surface area contributed by atoms with E-state index in [0.29, 0.717) is 5.88 Å². The largest absolute Gasteiger partial charge is 0.500 e. The molecule has 33 heavy (non-hydrogen) atoms. The number of alkyl halides is 1. The first-order chi connectivity index (χ1) is 16.0. The monoisotopic (exact) mass is 530 g/mol. The molecule has 0 spiro atoms. The van der Waals surface area contributed by atoms with Crippen LogP contribution in [0.5, 0.6) is 0 Å². The molecule has 0 radical (unpaired) electrons. The van der Waals surface area contributed by atoms with Gasteiger partial charge in [-0.1, -0.05) is 12.8 Å². The lowest BCUT2D eigenvalue weighted by Gasteiger charge is -2.28. The van der Waals surface area contributed by atoms with Crippen LogP contribution in [-0.2, 0) is 26.6 Å². The SMILES string of the molecule is C1CCNCC1.CO[Si](CCCCl)(OC)OC.CO[Si](CCCN1CCCCC1)(OC)OC. The van der Waals surface area contributed by atoms with E-state index in [-0.39, 0.29) is 0 Å². The van der Waals surface area contributed by atoms with Gasteiger partial charge in [-0.3, -0.25) is 0 Å². The van der Waals surface area contributed by atoms with Crippen LogP contribution in [0.1, 0.15) is 51.4 Å². The molecule has 2 fully saturated rings. The highest BCUT2D eigenvalue weighted by Crippen LogP contribution is 2.17. The molecule has 0 amide bonds. The smallest absolute Gasteiger partial charge is 0.377 e. The van der Waals surface area contributed by atoms with Gasteiger partial charge in [-0.2, -0.15) is 0 Å². The molecule has 1 N–H and O–H groups in total. The van der Waals surface area contributed by atoms with Gasteiger partial charge in [-0.25, -0.2) is 0 Å². The fourth-order valence-corrected chi connectivity index (χ4v) is 7.68. The molecule has 2 saturated heterocycles. The minimum atomic E-state index is -2.33. The minimum absolute atomic E-state index is 0.616. The maximum absolute atomic E-state index is 5.53. The van der Waals surface area contributed by atoms with Crippen molar-refractivity contribution in [3.63, 3.8) is 0 Å². The van der Waals surface area contributed by atoms with E-state index in [1.165, 1.54) is 64.7 Å². The van der Waals surface area contributed by atoms with Crippen molar-refractivity contribution < 1.29 is 26.6 Å². The number of hydrogen-bond donors (Lipinski definition) is 1. The quantitative estimate of drug-likeness (QED) is 0.283. The van der Waals surface area contributed by atoms with Crippen molar-refractivity contribution in [2.75, 3.05) is 81.3 Å². The van der Waals surface area contributed by atoms with Crippen molar-refractivity contribution in [1.29, 1.82) is 0 Å². The third-order valence-electron chi connectivity index (χ3n) is 6.10. The zero-order chi connectivity index (χ0) is 24.8. The van der Waals surface area contributed by atoms with Gasteiger partial charge in [-0.15, -0.1) is 11.6 Å². The van der Waals surface area contributed by atoms with E-state index in [1.54, 1.807) is 42.7 Å². The number of hydrogen-bond acceptors (Lipinski definition) is 8. The Labute approximate surface area is 210 Å². The van der Waals surface area contributed by atoms with Crippen molar-refractivity contribution in [3.05, 3.63) is 0 Å². The lowest BCUT2D eigenvalue weighted by atomic mass is 10.1. The Hall–Kier alpha value is 0.404. The predicted molar refractivity (Wildman–Crippen MR) is 140 cm³/mol. The summed E-state index contributed by atoms with van der Waals surface area (Å²) in [4.78, 5) is 2.53. The fraction of sp³-hybridized carbons (Fsp3) is 1.00. The lowest BCUT2D eigenvalue weighted by Crippen LogP contribution is -2.43. The molecule has 0 aromatic heterocycles. The van der Waals surface area contributed by atoms with Gasteiger partial charge in [0.2, 0.25) is 0 Å². The van der Waals surface area contributed by atoms with Crippen LogP contribution in [0.15, 0.2) is 0 Å². The van der Waals surface area contributed by atoms with E-state index in [4.69, 9.17) is 38.2 Å². The molecular formula is C22H51ClN2O6Si2. The number of halogens is 1. The van der Waals surface area contributed by atoms with E-state index >= 15 is 0 Å².